The first-order valence-electron chi connectivity index (χ1n) is 5.75. The standard InChI is InChI=1S/C15H20/c1-11-5-8-14-12(9-11)6-7-13(14)10-15(2,3)4/h5,7-9H,6,10H2,1-4H3. The molecule has 1 aromatic rings. The Balaban J connectivity index is 2.28. The number of hydrogen-bond acceptors (Lipinski definition) is 0. The number of allylic oxidation sites excluding steroid dienone is 2. The zero-order valence-corrected chi connectivity index (χ0v) is 10.2. The van der Waals surface area contributed by atoms with E-state index < -0.39 is 0 Å². The van der Waals surface area contributed by atoms with E-state index in [9.17, 15) is 0 Å². The first-order chi connectivity index (χ1) is 6.96. The quantitative estimate of drug-likeness (QED) is 0.631. The number of fused-ring (bicyclic) bond motifs is 1. The van der Waals surface area contributed by atoms with Crippen molar-refractivity contribution < 1.29 is 0 Å². The second-order valence-electron chi connectivity index (χ2n) is 5.83. The summed E-state index contributed by atoms with van der Waals surface area (Å²) in [7, 11) is 0. The predicted octanol–water partition coefficient (Wildman–Crippen LogP) is 4.37. The summed E-state index contributed by atoms with van der Waals surface area (Å²) in [6.07, 6.45) is 4.71. The van der Waals surface area contributed by atoms with Crippen LogP contribution >= 0.6 is 0 Å². The maximum atomic E-state index is 2.40. The molecule has 0 heterocycles. The lowest BCUT2D eigenvalue weighted by Crippen LogP contribution is -2.05. The van der Waals surface area contributed by atoms with Crippen molar-refractivity contribution in [1.82, 2.24) is 0 Å². The van der Waals surface area contributed by atoms with Gasteiger partial charge < -0.3 is 0 Å². The van der Waals surface area contributed by atoms with Crippen molar-refractivity contribution in [1.29, 1.82) is 0 Å². The molecule has 0 spiro atoms. The number of hydrogen-bond donors (Lipinski definition) is 0. The summed E-state index contributed by atoms with van der Waals surface area (Å²) in [4.78, 5) is 0. The van der Waals surface area contributed by atoms with Crippen LogP contribution in [0.1, 0.15) is 43.9 Å². The van der Waals surface area contributed by atoms with Crippen molar-refractivity contribution in [2.75, 3.05) is 0 Å². The van der Waals surface area contributed by atoms with Crippen LogP contribution in [-0.2, 0) is 6.42 Å². The molecule has 0 saturated heterocycles. The summed E-state index contributed by atoms with van der Waals surface area (Å²) in [6.45, 7) is 9.09. The van der Waals surface area contributed by atoms with Gasteiger partial charge in [-0.05, 0) is 41.9 Å². The predicted molar refractivity (Wildman–Crippen MR) is 66.9 cm³/mol. The van der Waals surface area contributed by atoms with Crippen LogP contribution in [0.2, 0.25) is 0 Å². The molecular weight excluding hydrogens is 180 g/mol. The highest BCUT2D eigenvalue weighted by molar-refractivity contribution is 5.73. The molecule has 0 unspecified atom stereocenters. The minimum Gasteiger partial charge on any atom is -0.0763 e. The van der Waals surface area contributed by atoms with Crippen LogP contribution in [0, 0.1) is 12.3 Å². The van der Waals surface area contributed by atoms with Crippen LogP contribution in [0.3, 0.4) is 0 Å². The Hall–Kier alpha value is -1.04. The van der Waals surface area contributed by atoms with E-state index in [0.29, 0.717) is 5.41 Å². The minimum absolute atomic E-state index is 0.387. The highest BCUT2D eigenvalue weighted by Crippen LogP contribution is 2.36. The Labute approximate surface area is 93.0 Å². The fraction of sp³-hybridized carbons (Fsp3) is 0.467. The summed E-state index contributed by atoms with van der Waals surface area (Å²) in [5.74, 6) is 0. The van der Waals surface area contributed by atoms with Crippen molar-refractivity contribution in [3.63, 3.8) is 0 Å². The Morgan fingerprint density at radius 2 is 1.93 bits per heavy atom. The average molecular weight is 200 g/mol. The molecule has 0 radical (unpaired) electrons. The number of rotatable bonds is 1. The lowest BCUT2D eigenvalue weighted by molar-refractivity contribution is 0.427. The van der Waals surface area contributed by atoms with E-state index in [-0.39, 0.29) is 0 Å². The molecule has 0 saturated carbocycles. The van der Waals surface area contributed by atoms with E-state index in [1.165, 1.54) is 28.7 Å². The molecule has 1 aliphatic rings. The van der Waals surface area contributed by atoms with Crippen LogP contribution in [0.4, 0.5) is 0 Å². The van der Waals surface area contributed by atoms with Crippen LogP contribution < -0.4 is 0 Å². The van der Waals surface area contributed by atoms with Crippen molar-refractivity contribution in [3.05, 3.63) is 41.0 Å². The van der Waals surface area contributed by atoms with Gasteiger partial charge in [-0.15, -0.1) is 0 Å². The van der Waals surface area contributed by atoms with Gasteiger partial charge >= 0.3 is 0 Å². The SMILES string of the molecule is Cc1ccc2c(c1)CC=C2CC(C)(C)C. The number of aryl methyl sites for hydroxylation is 1. The molecule has 0 atom stereocenters. The van der Waals surface area contributed by atoms with Crippen molar-refractivity contribution >= 4 is 5.57 Å². The Morgan fingerprint density at radius 1 is 1.20 bits per heavy atom. The number of benzene rings is 1. The average Bonchev–Trinajstić information content (AvgIpc) is 2.45. The van der Waals surface area contributed by atoms with Crippen LogP contribution in [-0.4, -0.2) is 0 Å². The molecule has 80 valence electrons. The molecule has 2 rings (SSSR count). The molecule has 0 aliphatic heterocycles. The van der Waals surface area contributed by atoms with Gasteiger partial charge in [0.25, 0.3) is 0 Å². The van der Waals surface area contributed by atoms with E-state index in [1.54, 1.807) is 0 Å². The van der Waals surface area contributed by atoms with Crippen molar-refractivity contribution in [2.24, 2.45) is 5.41 Å². The van der Waals surface area contributed by atoms with Gasteiger partial charge in [0.2, 0.25) is 0 Å². The molecule has 0 N–H and O–H groups in total. The first kappa shape index (κ1) is 10.5. The third-order valence-corrected chi connectivity index (χ3v) is 2.90. The van der Waals surface area contributed by atoms with Crippen molar-refractivity contribution in [3.8, 4) is 0 Å². The Morgan fingerprint density at radius 3 is 2.60 bits per heavy atom. The molecule has 15 heavy (non-hydrogen) atoms. The van der Waals surface area contributed by atoms with Gasteiger partial charge in [0.15, 0.2) is 0 Å². The summed E-state index contributed by atoms with van der Waals surface area (Å²) < 4.78 is 0. The lowest BCUT2D eigenvalue weighted by atomic mass is 9.86. The van der Waals surface area contributed by atoms with Crippen molar-refractivity contribution in [2.45, 2.75) is 40.5 Å². The molecule has 1 aromatic carbocycles. The maximum absolute atomic E-state index is 2.40. The molecule has 0 fully saturated rings. The van der Waals surface area contributed by atoms with E-state index >= 15 is 0 Å². The zero-order valence-electron chi connectivity index (χ0n) is 10.2. The van der Waals surface area contributed by atoms with E-state index in [0.717, 1.165) is 6.42 Å². The highest BCUT2D eigenvalue weighted by atomic mass is 14.2. The molecule has 0 nitrogen and oxygen atoms in total. The van der Waals surface area contributed by atoms with Crippen LogP contribution in [0.15, 0.2) is 24.3 Å². The summed E-state index contributed by atoms with van der Waals surface area (Å²) >= 11 is 0. The second-order valence-corrected chi connectivity index (χ2v) is 5.83. The second kappa shape index (κ2) is 3.52. The summed E-state index contributed by atoms with van der Waals surface area (Å²) in [5.41, 5.74) is 6.29. The molecule has 1 aliphatic carbocycles. The Kier molecular flexibility index (Phi) is 2.46. The monoisotopic (exact) mass is 200 g/mol. The smallest absolute Gasteiger partial charge is 0.00853 e. The molecule has 0 aromatic heterocycles. The zero-order chi connectivity index (χ0) is 11.1. The Bertz CT molecular complexity index is 403. The summed E-state index contributed by atoms with van der Waals surface area (Å²) in [6, 6.07) is 6.83. The van der Waals surface area contributed by atoms with Gasteiger partial charge in [-0.3, -0.25) is 0 Å². The highest BCUT2D eigenvalue weighted by Gasteiger charge is 2.19. The normalized spacial score (nSPS) is 15.1. The molecule has 0 heteroatoms. The molecule has 0 bridgehead atoms. The summed E-state index contributed by atoms with van der Waals surface area (Å²) in [5, 5.41) is 0. The van der Waals surface area contributed by atoms with Gasteiger partial charge in [0.1, 0.15) is 0 Å². The maximum Gasteiger partial charge on any atom is -0.00853 e. The fourth-order valence-corrected chi connectivity index (χ4v) is 2.29. The van der Waals surface area contributed by atoms with Gasteiger partial charge in [-0.1, -0.05) is 50.6 Å². The van der Waals surface area contributed by atoms with E-state index in [4.69, 9.17) is 0 Å². The van der Waals surface area contributed by atoms with E-state index in [2.05, 4.69) is 52.0 Å². The largest absolute Gasteiger partial charge is 0.0763 e. The molecule has 0 amide bonds. The third-order valence-electron chi connectivity index (χ3n) is 2.90. The van der Waals surface area contributed by atoms with Gasteiger partial charge in [0.05, 0.1) is 0 Å². The van der Waals surface area contributed by atoms with Gasteiger partial charge in [0, 0.05) is 0 Å². The minimum atomic E-state index is 0.387. The molecular formula is C15H20. The van der Waals surface area contributed by atoms with Gasteiger partial charge in [-0.25, -0.2) is 0 Å². The van der Waals surface area contributed by atoms with Crippen LogP contribution in [0.25, 0.3) is 5.57 Å². The fourth-order valence-electron chi connectivity index (χ4n) is 2.29. The topological polar surface area (TPSA) is 0 Å². The van der Waals surface area contributed by atoms with E-state index in [1.807, 2.05) is 0 Å². The first-order valence-corrected chi connectivity index (χ1v) is 5.75. The third kappa shape index (κ3) is 2.31. The van der Waals surface area contributed by atoms with Gasteiger partial charge in [-0.2, -0.15) is 0 Å². The lowest BCUT2D eigenvalue weighted by Gasteiger charge is -2.19. The van der Waals surface area contributed by atoms with Crippen LogP contribution in [0.5, 0.6) is 0 Å².